The third-order valence-corrected chi connectivity index (χ3v) is 4.86. The predicted octanol–water partition coefficient (Wildman–Crippen LogP) is 7.27. The van der Waals surface area contributed by atoms with Crippen LogP contribution in [0.15, 0.2) is 18.2 Å². The van der Waals surface area contributed by atoms with Gasteiger partial charge in [-0.25, -0.2) is 0 Å². The molecule has 0 unspecified atom stereocenters. The lowest BCUT2D eigenvalue weighted by molar-refractivity contribution is -0.400. The van der Waals surface area contributed by atoms with Crippen LogP contribution in [0.4, 0.5) is 26.3 Å². The van der Waals surface area contributed by atoms with Crippen LogP contribution in [0.25, 0.3) is 6.08 Å². The Kier molecular flexibility index (Phi) is 10.4. The van der Waals surface area contributed by atoms with E-state index in [1.165, 1.54) is 6.08 Å². The molecule has 0 aliphatic rings. The van der Waals surface area contributed by atoms with Crippen LogP contribution in [-0.4, -0.2) is 31.4 Å². The maximum atomic E-state index is 13.9. The predicted molar refractivity (Wildman–Crippen MR) is 107 cm³/mol. The van der Waals surface area contributed by atoms with Crippen LogP contribution < -0.4 is 0 Å². The zero-order chi connectivity index (χ0) is 23.7. The first-order chi connectivity index (χ1) is 14.5. The number of hydrogen-bond donors (Lipinski definition) is 1. The van der Waals surface area contributed by atoms with Gasteiger partial charge in [0.15, 0.2) is 0 Å². The lowest BCUT2D eigenvalue weighted by Gasteiger charge is -2.37. The van der Waals surface area contributed by atoms with Crippen molar-refractivity contribution in [1.29, 1.82) is 0 Å². The van der Waals surface area contributed by atoms with Gasteiger partial charge in [-0.3, -0.25) is 0 Å². The minimum Gasteiger partial charge on any atom is -0.507 e. The van der Waals surface area contributed by atoms with E-state index in [0.29, 0.717) is 25.0 Å². The summed E-state index contributed by atoms with van der Waals surface area (Å²) in [5.41, 5.74) is -5.85. The molecule has 31 heavy (non-hydrogen) atoms. The molecule has 0 fully saturated rings. The quantitative estimate of drug-likeness (QED) is 0.204. The van der Waals surface area contributed by atoms with Crippen LogP contribution in [0.2, 0.25) is 0 Å². The first kappa shape index (κ1) is 27.3. The van der Waals surface area contributed by atoms with E-state index in [1.807, 2.05) is 6.92 Å². The van der Waals surface area contributed by atoms with Gasteiger partial charge in [0, 0.05) is 18.2 Å². The maximum Gasteiger partial charge on any atom is 0.430 e. The monoisotopic (exact) mass is 456 g/mol. The number of phenols is 1. The van der Waals surface area contributed by atoms with Gasteiger partial charge in [0.1, 0.15) is 12.5 Å². The highest BCUT2D eigenvalue weighted by Crippen LogP contribution is 2.53. The van der Waals surface area contributed by atoms with Crippen LogP contribution in [0.5, 0.6) is 5.75 Å². The molecule has 1 aromatic rings. The summed E-state index contributed by atoms with van der Waals surface area (Å²) in [6.07, 6.45) is -3.65. The first-order valence-corrected chi connectivity index (χ1v) is 10.2. The largest absolute Gasteiger partial charge is 0.507 e. The molecule has 3 nitrogen and oxygen atoms in total. The fourth-order valence-corrected chi connectivity index (χ4v) is 3.29. The van der Waals surface area contributed by atoms with E-state index in [-0.39, 0.29) is 23.3 Å². The van der Waals surface area contributed by atoms with E-state index in [2.05, 4.69) is 9.47 Å². The fraction of sp³-hybridized carbons (Fsp3) is 0.636. The van der Waals surface area contributed by atoms with Gasteiger partial charge in [0.2, 0.25) is 0 Å². The molecule has 0 radical (unpaired) electrons. The highest BCUT2D eigenvalue weighted by molar-refractivity contribution is 5.62. The molecule has 0 atom stereocenters. The second-order valence-corrected chi connectivity index (χ2v) is 7.30. The second kappa shape index (κ2) is 11.8. The number of unbranched alkanes of at least 4 members (excludes halogenated alkanes) is 4. The summed E-state index contributed by atoms with van der Waals surface area (Å²) in [6, 6.07) is 1.40. The molecule has 9 heteroatoms. The number of rotatable bonds is 12. The molecule has 0 bridgehead atoms. The number of aromatic hydroxyl groups is 1. The SMILES string of the molecule is CCCCCC/C=C/c1cc(C(OCOC)(C(F)(F)F)C(F)(F)F)cc(CCC)c1O. The molecule has 1 rings (SSSR count). The Labute approximate surface area is 179 Å². The van der Waals surface area contributed by atoms with E-state index in [1.54, 1.807) is 13.0 Å². The molecule has 0 amide bonds. The highest BCUT2D eigenvalue weighted by atomic mass is 19.4. The van der Waals surface area contributed by atoms with Crippen LogP contribution in [0, 0.1) is 0 Å². The summed E-state index contributed by atoms with van der Waals surface area (Å²) >= 11 is 0. The number of hydrogen-bond acceptors (Lipinski definition) is 3. The van der Waals surface area contributed by atoms with E-state index in [4.69, 9.17) is 0 Å². The van der Waals surface area contributed by atoms with E-state index in [9.17, 15) is 31.4 Å². The van der Waals surface area contributed by atoms with Crippen LogP contribution in [-0.2, 0) is 21.5 Å². The van der Waals surface area contributed by atoms with E-state index in [0.717, 1.165) is 32.8 Å². The minimum absolute atomic E-state index is 0.00970. The molecule has 178 valence electrons. The molecule has 0 aliphatic carbocycles. The van der Waals surface area contributed by atoms with Gasteiger partial charge >= 0.3 is 12.4 Å². The molecule has 0 aliphatic heterocycles. The van der Waals surface area contributed by atoms with Crippen LogP contribution >= 0.6 is 0 Å². The molecule has 1 aromatic carbocycles. The Morgan fingerprint density at radius 3 is 2.10 bits per heavy atom. The summed E-state index contributed by atoms with van der Waals surface area (Å²) in [7, 11) is 0.934. The summed E-state index contributed by atoms with van der Waals surface area (Å²) in [6.45, 7) is 2.54. The minimum atomic E-state index is -5.81. The number of methoxy groups -OCH3 is 1. The maximum absolute atomic E-state index is 13.9. The molecule has 0 saturated carbocycles. The average Bonchev–Trinajstić information content (AvgIpc) is 2.66. The molecular formula is C22H30F6O3. The average molecular weight is 456 g/mol. The van der Waals surface area contributed by atoms with Crippen molar-refractivity contribution >= 4 is 6.08 Å². The number of halogens is 6. The number of alkyl halides is 6. The van der Waals surface area contributed by atoms with E-state index < -0.39 is 30.3 Å². The number of ether oxygens (including phenoxy) is 2. The van der Waals surface area contributed by atoms with Gasteiger partial charge in [-0.2, -0.15) is 26.3 Å². The van der Waals surface area contributed by atoms with E-state index >= 15 is 0 Å². The van der Waals surface area contributed by atoms with Crippen molar-refractivity contribution in [2.24, 2.45) is 0 Å². The Balaban J connectivity index is 3.57. The molecule has 0 aromatic heterocycles. The Morgan fingerprint density at radius 1 is 0.935 bits per heavy atom. The van der Waals surface area contributed by atoms with Gasteiger partial charge < -0.3 is 14.6 Å². The number of phenolic OH excluding ortho intramolecular Hbond substituents is 1. The Hall–Kier alpha value is -1.74. The lowest BCUT2D eigenvalue weighted by Crippen LogP contribution is -2.56. The normalized spacial score (nSPS) is 13.3. The highest BCUT2D eigenvalue weighted by Gasteiger charge is 2.73. The summed E-state index contributed by atoms with van der Waals surface area (Å²) in [5, 5.41) is 10.5. The third kappa shape index (κ3) is 6.62. The fourth-order valence-electron chi connectivity index (χ4n) is 3.29. The summed E-state index contributed by atoms with van der Waals surface area (Å²) in [4.78, 5) is 0. The first-order valence-electron chi connectivity index (χ1n) is 10.2. The lowest BCUT2D eigenvalue weighted by atomic mass is 9.87. The third-order valence-electron chi connectivity index (χ3n) is 4.86. The van der Waals surface area contributed by atoms with Crippen LogP contribution in [0.1, 0.15) is 69.1 Å². The van der Waals surface area contributed by atoms with Crippen molar-refractivity contribution in [3.8, 4) is 5.75 Å². The Bertz CT molecular complexity index is 696. The molecule has 0 spiro atoms. The van der Waals surface area contributed by atoms with Gasteiger partial charge in [0.25, 0.3) is 5.60 Å². The molecular weight excluding hydrogens is 426 g/mol. The zero-order valence-corrected chi connectivity index (χ0v) is 18.0. The van der Waals surface area contributed by atoms with Gasteiger partial charge in [-0.1, -0.05) is 51.7 Å². The van der Waals surface area contributed by atoms with Crippen molar-refractivity contribution < 1.29 is 40.9 Å². The van der Waals surface area contributed by atoms with Crippen molar-refractivity contribution in [1.82, 2.24) is 0 Å². The zero-order valence-electron chi connectivity index (χ0n) is 18.0. The molecule has 0 saturated heterocycles. The molecule has 0 heterocycles. The second-order valence-electron chi connectivity index (χ2n) is 7.30. The van der Waals surface area contributed by atoms with Gasteiger partial charge in [-0.15, -0.1) is 0 Å². The topological polar surface area (TPSA) is 38.7 Å². The molecule has 1 N–H and O–H groups in total. The van der Waals surface area contributed by atoms with Crippen molar-refractivity contribution in [3.05, 3.63) is 34.9 Å². The van der Waals surface area contributed by atoms with Gasteiger partial charge in [-0.05, 0) is 37.0 Å². The Morgan fingerprint density at radius 2 is 1.58 bits per heavy atom. The van der Waals surface area contributed by atoms with Crippen LogP contribution in [0.3, 0.4) is 0 Å². The standard InChI is InChI=1S/C22H30F6O3/c1-4-6-7-8-9-10-12-17-14-18(13-16(11-5-2)19(17)29)20(21(23,24)25,22(26,27)28)31-15-30-3/h10,12-14,29H,4-9,11,15H2,1-3H3/b12-10+. The van der Waals surface area contributed by atoms with Gasteiger partial charge in [0.05, 0.1) is 0 Å². The number of aryl methyl sites for hydroxylation is 1. The number of benzene rings is 1. The van der Waals surface area contributed by atoms with Crippen molar-refractivity contribution in [2.45, 2.75) is 76.7 Å². The van der Waals surface area contributed by atoms with Crippen molar-refractivity contribution in [2.75, 3.05) is 13.9 Å². The number of allylic oxidation sites excluding steroid dienone is 1. The smallest absolute Gasteiger partial charge is 0.430 e. The summed E-state index contributed by atoms with van der Waals surface area (Å²) in [5.74, 6) is -0.333. The van der Waals surface area contributed by atoms with Crippen molar-refractivity contribution in [3.63, 3.8) is 0 Å². The summed E-state index contributed by atoms with van der Waals surface area (Å²) < 4.78 is 91.9.